The second-order valence-electron chi connectivity index (χ2n) is 8.37. The topological polar surface area (TPSA) is 29.1 Å². The average molecular weight is 402 g/mol. The zero-order chi connectivity index (χ0) is 18.5. The van der Waals surface area contributed by atoms with E-state index >= 15 is 0 Å². The zero-order valence-corrected chi connectivity index (χ0v) is 16.1. The van der Waals surface area contributed by atoms with Gasteiger partial charge in [0.15, 0.2) is 0 Å². The van der Waals surface area contributed by atoms with Gasteiger partial charge in [0.2, 0.25) is 5.91 Å². The number of amides is 1. The van der Waals surface area contributed by atoms with Gasteiger partial charge in [-0.2, -0.15) is 0 Å². The fourth-order valence-electron chi connectivity index (χ4n) is 5.36. The lowest BCUT2D eigenvalue weighted by Crippen LogP contribution is -2.42. The van der Waals surface area contributed by atoms with Crippen molar-refractivity contribution >= 4 is 29.1 Å². The second kappa shape index (κ2) is 6.63. The summed E-state index contributed by atoms with van der Waals surface area (Å²) in [6, 6.07) is 2.06. The Morgan fingerprint density at radius 1 is 1.15 bits per heavy atom. The molecule has 4 rings (SSSR count). The van der Waals surface area contributed by atoms with Gasteiger partial charge in [0, 0.05) is 11.5 Å². The van der Waals surface area contributed by atoms with E-state index in [0.717, 1.165) is 25.7 Å². The maximum Gasteiger partial charge on any atom is 0.223 e. The van der Waals surface area contributed by atoms with Gasteiger partial charge in [-0.25, -0.2) is 8.78 Å². The van der Waals surface area contributed by atoms with Gasteiger partial charge in [-0.15, -0.1) is 0 Å². The maximum absolute atomic E-state index is 14.9. The number of alkyl halides is 1. The van der Waals surface area contributed by atoms with Gasteiger partial charge in [-0.05, 0) is 62.5 Å². The van der Waals surface area contributed by atoms with E-state index in [4.69, 9.17) is 23.2 Å². The summed E-state index contributed by atoms with van der Waals surface area (Å²) in [7, 11) is 0. The van der Waals surface area contributed by atoms with Gasteiger partial charge in [-0.3, -0.25) is 4.79 Å². The van der Waals surface area contributed by atoms with Crippen molar-refractivity contribution in [3.05, 3.63) is 33.6 Å². The Labute approximate surface area is 162 Å². The molecule has 1 unspecified atom stereocenters. The number of fused-ring (bicyclic) bond motifs is 2. The summed E-state index contributed by atoms with van der Waals surface area (Å²) in [5.41, 5.74) is -1.47. The van der Waals surface area contributed by atoms with Crippen LogP contribution in [0.1, 0.15) is 69.4 Å². The lowest BCUT2D eigenvalue weighted by molar-refractivity contribution is -0.126. The van der Waals surface area contributed by atoms with Crippen molar-refractivity contribution in [3.8, 4) is 0 Å². The highest BCUT2D eigenvalue weighted by Crippen LogP contribution is 2.64. The van der Waals surface area contributed by atoms with Crippen LogP contribution in [0.25, 0.3) is 0 Å². The lowest BCUT2D eigenvalue weighted by Gasteiger charge is -2.38. The highest BCUT2D eigenvalue weighted by Gasteiger charge is 2.59. The first kappa shape index (κ1) is 18.5. The van der Waals surface area contributed by atoms with Crippen LogP contribution in [0.3, 0.4) is 0 Å². The first-order chi connectivity index (χ1) is 12.3. The van der Waals surface area contributed by atoms with E-state index in [1.165, 1.54) is 12.1 Å². The summed E-state index contributed by atoms with van der Waals surface area (Å²) < 4.78 is 29.6. The predicted molar refractivity (Wildman–Crippen MR) is 98.6 cm³/mol. The molecule has 1 amide bonds. The van der Waals surface area contributed by atoms with Crippen molar-refractivity contribution < 1.29 is 13.6 Å². The molecule has 6 heteroatoms. The number of nitrogens with one attached hydrogen (secondary N) is 1. The third kappa shape index (κ3) is 3.03. The molecule has 0 saturated heterocycles. The van der Waals surface area contributed by atoms with Crippen LogP contribution in [-0.2, 0) is 4.79 Å². The second-order valence-corrected chi connectivity index (χ2v) is 9.16. The largest absolute Gasteiger partial charge is 0.348 e. The monoisotopic (exact) mass is 401 g/mol. The number of hydrogen-bond donors (Lipinski definition) is 1. The maximum atomic E-state index is 14.9. The van der Waals surface area contributed by atoms with Crippen LogP contribution in [0.2, 0.25) is 10.0 Å². The zero-order valence-electron chi connectivity index (χ0n) is 14.6. The normalized spacial score (nSPS) is 32.2. The number of halogens is 4. The van der Waals surface area contributed by atoms with Crippen LogP contribution < -0.4 is 5.32 Å². The first-order valence-electron chi connectivity index (χ1n) is 9.46. The molecule has 0 aromatic heterocycles. The van der Waals surface area contributed by atoms with E-state index < -0.39 is 22.9 Å². The van der Waals surface area contributed by atoms with E-state index in [0.29, 0.717) is 32.1 Å². The van der Waals surface area contributed by atoms with E-state index in [2.05, 4.69) is 5.32 Å². The third-order valence-corrected chi connectivity index (χ3v) is 7.62. The minimum absolute atomic E-state index is 0.0483. The molecule has 0 spiro atoms. The Kier molecular flexibility index (Phi) is 4.71. The Bertz CT molecular complexity index is 725. The predicted octanol–water partition coefficient (Wildman–Crippen LogP) is 6.15. The number of benzene rings is 1. The molecule has 2 bridgehead atoms. The minimum atomic E-state index is -1.20. The average Bonchev–Trinajstić information content (AvgIpc) is 3.32. The summed E-state index contributed by atoms with van der Waals surface area (Å²) in [6.45, 7) is 0. The SMILES string of the molecule is O=C(NC(c1c(F)ccc(Cl)c1Cl)C12CCC(F)(CC1)C2)C1CCCC1. The molecular formula is C20H23Cl2F2NO. The molecule has 0 aliphatic heterocycles. The van der Waals surface area contributed by atoms with Crippen LogP contribution in [-0.4, -0.2) is 11.6 Å². The summed E-state index contributed by atoms with van der Waals surface area (Å²) in [6.07, 6.45) is 6.29. The molecule has 3 aliphatic rings. The molecule has 1 aromatic rings. The van der Waals surface area contributed by atoms with Gasteiger partial charge >= 0.3 is 0 Å². The molecule has 3 saturated carbocycles. The standard InChI is InChI=1S/C20H23Cl2F2NO/c21-13-5-6-14(23)15(16(13)22)17(25-18(26)12-3-1-2-4-12)19-7-9-20(24,11-19)10-8-19/h5-6,12,17H,1-4,7-11H2,(H,25,26). The number of hydrogen-bond acceptors (Lipinski definition) is 1. The Morgan fingerprint density at radius 3 is 2.38 bits per heavy atom. The van der Waals surface area contributed by atoms with Crippen molar-refractivity contribution in [2.24, 2.45) is 11.3 Å². The van der Waals surface area contributed by atoms with Crippen LogP contribution >= 0.6 is 23.2 Å². The number of carbonyl (C=O) groups excluding carboxylic acids is 1. The summed E-state index contributed by atoms with van der Waals surface area (Å²) >= 11 is 12.5. The van der Waals surface area contributed by atoms with E-state index in [9.17, 15) is 13.6 Å². The molecule has 0 radical (unpaired) electrons. The first-order valence-corrected chi connectivity index (χ1v) is 10.2. The fourth-order valence-corrected chi connectivity index (χ4v) is 5.79. The Hall–Kier alpha value is -0.870. The summed E-state index contributed by atoms with van der Waals surface area (Å²) in [5.74, 6) is -0.609. The lowest BCUT2D eigenvalue weighted by atomic mass is 9.74. The van der Waals surface area contributed by atoms with Gasteiger partial charge in [0.1, 0.15) is 11.5 Å². The molecule has 0 heterocycles. The molecule has 142 valence electrons. The molecule has 1 aromatic carbocycles. The summed E-state index contributed by atoms with van der Waals surface area (Å²) in [5, 5.41) is 3.45. The Morgan fingerprint density at radius 2 is 1.81 bits per heavy atom. The van der Waals surface area contributed by atoms with Crippen LogP contribution in [0, 0.1) is 17.2 Å². The third-order valence-electron chi connectivity index (χ3n) is 6.80. The molecule has 1 N–H and O–H groups in total. The quantitative estimate of drug-likeness (QED) is 0.601. The van der Waals surface area contributed by atoms with Crippen molar-refractivity contribution in [2.45, 2.75) is 69.5 Å². The Balaban J connectivity index is 1.73. The minimum Gasteiger partial charge on any atom is -0.348 e. The van der Waals surface area contributed by atoms with Crippen molar-refractivity contribution in [2.75, 3.05) is 0 Å². The van der Waals surface area contributed by atoms with Crippen LogP contribution in [0.15, 0.2) is 12.1 Å². The summed E-state index contributed by atoms with van der Waals surface area (Å²) in [4.78, 5) is 12.8. The van der Waals surface area contributed by atoms with Gasteiger partial charge < -0.3 is 5.32 Å². The fraction of sp³-hybridized carbons (Fsp3) is 0.650. The van der Waals surface area contributed by atoms with Crippen molar-refractivity contribution in [1.29, 1.82) is 0 Å². The molecule has 2 nitrogen and oxygen atoms in total. The van der Waals surface area contributed by atoms with Gasteiger partial charge in [0.05, 0.1) is 16.1 Å². The molecule has 3 aliphatic carbocycles. The molecule has 1 atom stereocenters. The van der Waals surface area contributed by atoms with Gasteiger partial charge in [-0.1, -0.05) is 36.0 Å². The number of rotatable bonds is 4. The number of carbonyl (C=O) groups is 1. The molecule has 26 heavy (non-hydrogen) atoms. The smallest absolute Gasteiger partial charge is 0.223 e. The van der Waals surface area contributed by atoms with Crippen LogP contribution in [0.4, 0.5) is 8.78 Å². The highest BCUT2D eigenvalue weighted by molar-refractivity contribution is 6.42. The van der Waals surface area contributed by atoms with Gasteiger partial charge in [0.25, 0.3) is 0 Å². The molecular weight excluding hydrogens is 379 g/mol. The van der Waals surface area contributed by atoms with Crippen molar-refractivity contribution in [1.82, 2.24) is 5.32 Å². The van der Waals surface area contributed by atoms with Crippen LogP contribution in [0.5, 0.6) is 0 Å². The van der Waals surface area contributed by atoms with E-state index in [1.54, 1.807) is 0 Å². The van der Waals surface area contributed by atoms with Crippen molar-refractivity contribution in [3.63, 3.8) is 0 Å². The van der Waals surface area contributed by atoms with E-state index in [1.807, 2.05) is 0 Å². The van der Waals surface area contributed by atoms with E-state index in [-0.39, 0.29) is 27.4 Å². The molecule has 3 fully saturated rings. The highest BCUT2D eigenvalue weighted by atomic mass is 35.5.